The second kappa shape index (κ2) is 7.35. The van der Waals surface area contributed by atoms with Crippen LogP contribution >= 0.6 is 11.3 Å². The molecule has 2 rings (SSSR count). The van der Waals surface area contributed by atoms with Gasteiger partial charge in [0.15, 0.2) is 5.84 Å². The van der Waals surface area contributed by atoms with Crippen molar-refractivity contribution in [1.29, 1.82) is 0 Å². The van der Waals surface area contributed by atoms with Crippen molar-refractivity contribution in [3.63, 3.8) is 0 Å². The number of rotatable bonds is 5. The third kappa shape index (κ3) is 4.48. The van der Waals surface area contributed by atoms with E-state index in [4.69, 9.17) is 10.9 Å². The van der Waals surface area contributed by atoms with Gasteiger partial charge in [0.2, 0.25) is 0 Å². The van der Waals surface area contributed by atoms with Crippen LogP contribution in [0.4, 0.5) is 0 Å². The molecule has 0 amide bonds. The molecule has 124 valence electrons. The van der Waals surface area contributed by atoms with Crippen molar-refractivity contribution in [2.45, 2.75) is 31.6 Å². The van der Waals surface area contributed by atoms with Crippen LogP contribution in [0.5, 0.6) is 0 Å². The molecule has 2 atom stereocenters. The molecule has 0 spiro atoms. The first-order valence-electron chi connectivity index (χ1n) is 7.12. The lowest BCUT2D eigenvalue weighted by molar-refractivity contribution is 0.318. The van der Waals surface area contributed by atoms with Crippen molar-refractivity contribution in [3.8, 4) is 0 Å². The van der Waals surface area contributed by atoms with E-state index in [-0.39, 0.29) is 16.6 Å². The molecule has 2 aromatic rings. The summed E-state index contributed by atoms with van der Waals surface area (Å²) in [7, 11) is 0. The minimum absolute atomic E-state index is 0.0660. The number of benzene rings is 1. The van der Waals surface area contributed by atoms with E-state index >= 15 is 0 Å². The van der Waals surface area contributed by atoms with Crippen molar-refractivity contribution in [1.82, 2.24) is 4.72 Å². The summed E-state index contributed by atoms with van der Waals surface area (Å²) >= 11 is 0.254. The number of hydrogen-bond donors (Lipinski definition) is 3. The van der Waals surface area contributed by atoms with Crippen LogP contribution in [-0.2, 0) is 11.4 Å². The standard InChI is InChI=1S/C16H21N3O2S2/c1-16(2,3)23(21)19-14(11-7-5-4-6-8-11)13-9-12(10-22-13)15(17)18-20/h4-10,14,19-20H,1-3H3,(H2,17,18)/t14-,23?/m0/s1. The Labute approximate surface area is 143 Å². The SMILES string of the molecule is CC(C)(C)[S+]([O-])N[C@@H](c1ccccc1)c1cc(C(N)=NO)cs1. The maximum atomic E-state index is 12.5. The van der Waals surface area contributed by atoms with Gasteiger partial charge in [-0.3, -0.25) is 0 Å². The summed E-state index contributed by atoms with van der Waals surface area (Å²) < 4.78 is 15.4. The Morgan fingerprint density at radius 2 is 2.00 bits per heavy atom. The monoisotopic (exact) mass is 351 g/mol. The molecular weight excluding hydrogens is 330 g/mol. The van der Waals surface area contributed by atoms with E-state index in [2.05, 4.69) is 9.88 Å². The fraction of sp³-hybridized carbons (Fsp3) is 0.312. The maximum absolute atomic E-state index is 12.5. The predicted octanol–water partition coefficient (Wildman–Crippen LogP) is 2.98. The van der Waals surface area contributed by atoms with Gasteiger partial charge < -0.3 is 15.5 Å². The third-order valence-corrected chi connectivity index (χ3v) is 5.78. The van der Waals surface area contributed by atoms with Gasteiger partial charge >= 0.3 is 0 Å². The first-order valence-corrected chi connectivity index (χ1v) is 9.15. The summed E-state index contributed by atoms with van der Waals surface area (Å²) in [5.74, 6) is 0.0660. The van der Waals surface area contributed by atoms with E-state index in [0.717, 1.165) is 10.4 Å². The quantitative estimate of drug-likeness (QED) is 0.254. The van der Waals surface area contributed by atoms with Crippen LogP contribution in [0.2, 0.25) is 0 Å². The summed E-state index contributed by atoms with van der Waals surface area (Å²) in [5.41, 5.74) is 7.31. The number of hydrogen-bond acceptors (Lipinski definition) is 5. The Kier molecular flexibility index (Phi) is 5.69. The number of nitrogens with zero attached hydrogens (tertiary/aromatic N) is 1. The zero-order valence-corrected chi connectivity index (χ0v) is 14.9. The normalized spacial score (nSPS) is 15.4. The van der Waals surface area contributed by atoms with Crippen molar-refractivity contribution in [2.75, 3.05) is 0 Å². The van der Waals surface area contributed by atoms with Crippen molar-refractivity contribution in [3.05, 3.63) is 57.8 Å². The largest absolute Gasteiger partial charge is 0.598 e. The molecule has 0 fully saturated rings. The lowest BCUT2D eigenvalue weighted by atomic mass is 10.1. The Balaban J connectivity index is 2.36. The highest BCUT2D eigenvalue weighted by Crippen LogP contribution is 2.30. The molecule has 0 bridgehead atoms. The molecular formula is C16H21N3O2S2. The first-order chi connectivity index (χ1) is 10.8. The van der Waals surface area contributed by atoms with Gasteiger partial charge in [-0.1, -0.05) is 35.5 Å². The molecule has 7 heteroatoms. The van der Waals surface area contributed by atoms with Crippen LogP contribution in [0, 0.1) is 0 Å². The Bertz CT molecular complexity index is 665. The number of oxime groups is 1. The lowest BCUT2D eigenvalue weighted by Crippen LogP contribution is -2.41. The van der Waals surface area contributed by atoms with Crippen molar-refractivity contribution in [2.24, 2.45) is 10.9 Å². The van der Waals surface area contributed by atoms with E-state index in [1.807, 2.05) is 62.5 Å². The Morgan fingerprint density at radius 1 is 1.35 bits per heavy atom. The minimum Gasteiger partial charge on any atom is -0.598 e. The van der Waals surface area contributed by atoms with Gasteiger partial charge in [0.1, 0.15) is 10.8 Å². The second-order valence-corrected chi connectivity index (χ2v) is 9.01. The smallest absolute Gasteiger partial charge is 0.170 e. The van der Waals surface area contributed by atoms with Gasteiger partial charge in [0, 0.05) is 27.2 Å². The average Bonchev–Trinajstić information content (AvgIpc) is 3.01. The highest BCUT2D eigenvalue weighted by Gasteiger charge is 2.31. The van der Waals surface area contributed by atoms with Crippen LogP contribution in [0.3, 0.4) is 0 Å². The highest BCUT2D eigenvalue weighted by molar-refractivity contribution is 7.90. The summed E-state index contributed by atoms with van der Waals surface area (Å²) in [6.07, 6.45) is 0. The topological polar surface area (TPSA) is 93.7 Å². The fourth-order valence-electron chi connectivity index (χ4n) is 1.92. The highest BCUT2D eigenvalue weighted by atomic mass is 32.2. The third-order valence-electron chi connectivity index (χ3n) is 3.22. The molecule has 23 heavy (non-hydrogen) atoms. The zero-order chi connectivity index (χ0) is 17.0. The summed E-state index contributed by atoms with van der Waals surface area (Å²) in [6, 6.07) is 11.4. The molecule has 1 aromatic carbocycles. The van der Waals surface area contributed by atoms with E-state index in [0.29, 0.717) is 5.56 Å². The molecule has 1 aromatic heterocycles. The molecule has 1 unspecified atom stereocenters. The molecule has 1 heterocycles. The number of nitrogens with one attached hydrogen (secondary N) is 1. The summed E-state index contributed by atoms with van der Waals surface area (Å²) in [4.78, 5) is 0.954. The van der Waals surface area contributed by atoms with Gasteiger partial charge in [-0.15, -0.1) is 16.1 Å². The maximum Gasteiger partial charge on any atom is 0.170 e. The molecule has 4 N–H and O–H groups in total. The molecule has 0 radical (unpaired) electrons. The van der Waals surface area contributed by atoms with Crippen LogP contribution in [-0.4, -0.2) is 20.3 Å². The van der Waals surface area contributed by atoms with Gasteiger partial charge in [0.05, 0.1) is 0 Å². The van der Waals surface area contributed by atoms with Gasteiger partial charge in [-0.25, -0.2) is 0 Å². The summed E-state index contributed by atoms with van der Waals surface area (Å²) in [5, 5.41) is 13.7. The van der Waals surface area contributed by atoms with Gasteiger partial charge in [0.25, 0.3) is 0 Å². The number of nitrogens with two attached hydrogens (primary N) is 1. The Morgan fingerprint density at radius 3 is 2.57 bits per heavy atom. The molecule has 0 saturated carbocycles. The zero-order valence-electron chi connectivity index (χ0n) is 13.3. The molecule has 0 aliphatic heterocycles. The predicted molar refractivity (Wildman–Crippen MR) is 96.1 cm³/mol. The van der Waals surface area contributed by atoms with Gasteiger partial charge in [-0.2, -0.15) is 0 Å². The van der Waals surface area contributed by atoms with Crippen LogP contribution in [0.15, 0.2) is 46.9 Å². The molecule has 0 aliphatic rings. The van der Waals surface area contributed by atoms with Gasteiger partial charge in [-0.05, 0) is 32.4 Å². The fourth-order valence-corrected chi connectivity index (χ4v) is 3.80. The van der Waals surface area contributed by atoms with Crippen LogP contribution in [0.1, 0.15) is 42.8 Å². The van der Waals surface area contributed by atoms with E-state index in [1.165, 1.54) is 11.3 Å². The van der Waals surface area contributed by atoms with E-state index < -0.39 is 11.4 Å². The van der Waals surface area contributed by atoms with E-state index in [1.54, 1.807) is 0 Å². The second-order valence-electron chi connectivity index (χ2n) is 6.07. The lowest BCUT2D eigenvalue weighted by Gasteiger charge is -2.27. The van der Waals surface area contributed by atoms with E-state index in [9.17, 15) is 4.55 Å². The van der Waals surface area contributed by atoms with Crippen LogP contribution in [0.25, 0.3) is 0 Å². The molecule has 0 saturated heterocycles. The van der Waals surface area contributed by atoms with Crippen molar-refractivity contribution < 1.29 is 9.76 Å². The van der Waals surface area contributed by atoms with Crippen molar-refractivity contribution >= 4 is 28.5 Å². The summed E-state index contributed by atoms with van der Waals surface area (Å²) in [6.45, 7) is 5.78. The number of thiophene rings is 1. The molecule has 0 aliphatic carbocycles. The van der Waals surface area contributed by atoms with Crippen LogP contribution < -0.4 is 10.5 Å². The Hall–Kier alpha value is -1.54. The average molecular weight is 351 g/mol. The molecule has 5 nitrogen and oxygen atoms in total. The first kappa shape index (κ1) is 17.8. The number of amidine groups is 1. The minimum atomic E-state index is -1.23.